The quantitative estimate of drug-likeness (QED) is 0.279. The maximum atomic E-state index is 6.42. The highest BCUT2D eigenvalue weighted by molar-refractivity contribution is 6.32. The van der Waals surface area contributed by atoms with Crippen molar-refractivity contribution in [2.75, 3.05) is 56.7 Å². The number of aromatic nitrogens is 6. The molecule has 0 radical (unpaired) electrons. The van der Waals surface area contributed by atoms with Gasteiger partial charge in [0.25, 0.3) is 0 Å². The maximum Gasteiger partial charge on any atom is 0.227 e. The fourth-order valence-electron chi connectivity index (χ4n) is 5.59. The SMILES string of the molecule is COc1cc(N2CCN(C3CCOCC3)CC2)ccc1Nc1ncc(-c2ccc(Cl)c(OC(C)Cn3cnnn3)c2)cn1. The van der Waals surface area contributed by atoms with Crippen LogP contribution in [0.25, 0.3) is 11.1 Å². The molecule has 0 aliphatic carbocycles. The molecule has 2 aromatic heterocycles. The molecule has 0 amide bonds. The Labute approximate surface area is 255 Å². The first-order chi connectivity index (χ1) is 21.1. The van der Waals surface area contributed by atoms with E-state index in [0.29, 0.717) is 29.3 Å². The standard InChI is InChI=1S/C30H36ClN9O3/c1-21(19-40-20-34-36-37-40)43-28-15-22(3-5-26(28)31)23-17-32-30(33-18-23)35-27-6-4-25(16-29(27)41-2)39-11-9-38(10-12-39)24-7-13-42-14-8-24/h3-6,15-18,20-21,24H,7-14,19H2,1-2H3,(H,32,33,35). The molecule has 2 aliphatic heterocycles. The van der Waals surface area contributed by atoms with Crippen LogP contribution in [0.5, 0.6) is 11.5 Å². The van der Waals surface area contributed by atoms with E-state index in [9.17, 15) is 0 Å². The van der Waals surface area contributed by atoms with Gasteiger partial charge in [-0.1, -0.05) is 17.7 Å². The lowest BCUT2D eigenvalue weighted by Gasteiger charge is -2.41. The summed E-state index contributed by atoms with van der Waals surface area (Å²) < 4.78 is 19.0. The first-order valence-electron chi connectivity index (χ1n) is 14.6. The summed E-state index contributed by atoms with van der Waals surface area (Å²) in [7, 11) is 1.68. The molecule has 1 atom stereocenters. The predicted molar refractivity (Wildman–Crippen MR) is 164 cm³/mol. The minimum atomic E-state index is -0.192. The summed E-state index contributed by atoms with van der Waals surface area (Å²) in [5, 5.41) is 15.0. The van der Waals surface area contributed by atoms with Crippen LogP contribution < -0.4 is 19.7 Å². The van der Waals surface area contributed by atoms with Crippen molar-refractivity contribution >= 4 is 28.9 Å². The summed E-state index contributed by atoms with van der Waals surface area (Å²) in [5.74, 6) is 1.78. The van der Waals surface area contributed by atoms with E-state index in [1.807, 2.05) is 25.1 Å². The van der Waals surface area contributed by atoms with Crippen LogP contribution in [0.3, 0.4) is 0 Å². The number of nitrogens with zero attached hydrogens (tertiary/aromatic N) is 8. The summed E-state index contributed by atoms with van der Waals surface area (Å²) in [6.45, 7) is 8.30. The van der Waals surface area contributed by atoms with Crippen molar-refractivity contribution in [3.8, 4) is 22.6 Å². The molecule has 2 aromatic carbocycles. The largest absolute Gasteiger partial charge is 0.494 e. The van der Waals surface area contributed by atoms with Crippen molar-refractivity contribution in [2.24, 2.45) is 0 Å². The molecular weight excluding hydrogens is 570 g/mol. The molecule has 2 aliphatic rings. The second-order valence-corrected chi connectivity index (χ2v) is 11.2. The van der Waals surface area contributed by atoms with Crippen LogP contribution in [0.15, 0.2) is 55.1 Å². The first-order valence-corrected chi connectivity index (χ1v) is 14.9. The average Bonchev–Trinajstić information content (AvgIpc) is 3.56. The van der Waals surface area contributed by atoms with Crippen LogP contribution >= 0.6 is 11.6 Å². The van der Waals surface area contributed by atoms with E-state index in [4.69, 9.17) is 25.8 Å². The number of hydrogen-bond donors (Lipinski definition) is 1. The number of piperazine rings is 1. The zero-order valence-electron chi connectivity index (χ0n) is 24.4. The van der Waals surface area contributed by atoms with E-state index in [1.54, 1.807) is 36.6 Å². The number of nitrogens with one attached hydrogen (secondary N) is 1. The Morgan fingerprint density at radius 3 is 2.51 bits per heavy atom. The number of anilines is 3. The van der Waals surface area contributed by atoms with E-state index in [0.717, 1.165) is 80.5 Å². The molecule has 0 bridgehead atoms. The third-order valence-electron chi connectivity index (χ3n) is 7.90. The van der Waals surface area contributed by atoms with E-state index < -0.39 is 0 Å². The van der Waals surface area contributed by atoms with Crippen molar-refractivity contribution in [2.45, 2.75) is 38.5 Å². The van der Waals surface area contributed by atoms with Crippen LogP contribution in [0, 0.1) is 0 Å². The lowest BCUT2D eigenvalue weighted by Crippen LogP contribution is -2.51. The molecular formula is C30H36ClN9O3. The molecule has 4 heterocycles. The Hall–Kier alpha value is -4.00. The third-order valence-corrected chi connectivity index (χ3v) is 8.21. The van der Waals surface area contributed by atoms with Gasteiger partial charge in [-0.2, -0.15) is 0 Å². The summed E-state index contributed by atoms with van der Waals surface area (Å²) >= 11 is 6.42. The lowest BCUT2D eigenvalue weighted by molar-refractivity contribution is 0.0321. The zero-order valence-corrected chi connectivity index (χ0v) is 25.2. The maximum absolute atomic E-state index is 6.42. The van der Waals surface area contributed by atoms with Gasteiger partial charge in [0, 0.05) is 75.1 Å². The number of tetrazole rings is 1. The number of halogens is 1. The second kappa shape index (κ2) is 13.5. The number of methoxy groups -OCH3 is 1. The van der Waals surface area contributed by atoms with E-state index in [1.165, 1.54) is 0 Å². The van der Waals surface area contributed by atoms with Gasteiger partial charge in [-0.3, -0.25) is 4.90 Å². The Kier molecular flexibility index (Phi) is 9.16. The Morgan fingerprint density at radius 2 is 1.79 bits per heavy atom. The van der Waals surface area contributed by atoms with Gasteiger partial charge in [0.15, 0.2) is 0 Å². The summed E-state index contributed by atoms with van der Waals surface area (Å²) in [6.07, 6.45) is 7.16. The zero-order chi connectivity index (χ0) is 29.6. The highest BCUT2D eigenvalue weighted by atomic mass is 35.5. The number of ether oxygens (including phenoxy) is 3. The third kappa shape index (κ3) is 7.15. The molecule has 13 heteroatoms. The van der Waals surface area contributed by atoms with Crippen molar-refractivity contribution < 1.29 is 14.2 Å². The van der Waals surface area contributed by atoms with Crippen molar-refractivity contribution in [3.05, 3.63) is 60.1 Å². The van der Waals surface area contributed by atoms with Crippen molar-refractivity contribution in [1.29, 1.82) is 0 Å². The predicted octanol–water partition coefficient (Wildman–Crippen LogP) is 4.30. The topological polar surface area (TPSA) is 116 Å². The molecule has 1 unspecified atom stereocenters. The molecule has 2 saturated heterocycles. The summed E-state index contributed by atoms with van der Waals surface area (Å²) in [6, 6.07) is 12.5. The summed E-state index contributed by atoms with van der Waals surface area (Å²) in [5.41, 5.74) is 3.68. The highest BCUT2D eigenvalue weighted by Crippen LogP contribution is 2.34. The first kappa shape index (κ1) is 29.1. The molecule has 4 aromatic rings. The van der Waals surface area contributed by atoms with Gasteiger partial charge in [-0.05, 0) is 60.0 Å². The fraction of sp³-hybridized carbons (Fsp3) is 0.433. The molecule has 0 saturated carbocycles. The smallest absolute Gasteiger partial charge is 0.227 e. The molecule has 226 valence electrons. The van der Waals surface area contributed by atoms with E-state index >= 15 is 0 Å². The number of hydrogen-bond acceptors (Lipinski definition) is 11. The lowest BCUT2D eigenvalue weighted by atomic mass is 10.1. The van der Waals surface area contributed by atoms with Crippen LogP contribution in [-0.4, -0.2) is 93.7 Å². The summed E-state index contributed by atoms with van der Waals surface area (Å²) in [4.78, 5) is 14.1. The van der Waals surface area contributed by atoms with Gasteiger partial charge in [0.2, 0.25) is 5.95 Å². The van der Waals surface area contributed by atoms with Gasteiger partial charge in [-0.15, -0.1) is 5.10 Å². The second-order valence-electron chi connectivity index (χ2n) is 10.8. The molecule has 0 spiro atoms. The average molecular weight is 606 g/mol. The molecule has 2 fully saturated rings. The van der Waals surface area contributed by atoms with Gasteiger partial charge in [0.05, 0.1) is 24.4 Å². The fourth-order valence-corrected chi connectivity index (χ4v) is 5.75. The molecule has 1 N–H and O–H groups in total. The van der Waals surface area contributed by atoms with Crippen LogP contribution in [-0.2, 0) is 11.3 Å². The van der Waals surface area contributed by atoms with Crippen LogP contribution in [0.2, 0.25) is 5.02 Å². The van der Waals surface area contributed by atoms with Crippen molar-refractivity contribution in [3.63, 3.8) is 0 Å². The molecule has 43 heavy (non-hydrogen) atoms. The van der Waals surface area contributed by atoms with E-state index in [-0.39, 0.29) is 6.10 Å². The minimum Gasteiger partial charge on any atom is -0.494 e. The Bertz CT molecular complexity index is 1470. The van der Waals surface area contributed by atoms with Gasteiger partial charge in [0.1, 0.15) is 23.9 Å². The Morgan fingerprint density at radius 1 is 1.00 bits per heavy atom. The van der Waals surface area contributed by atoms with Gasteiger partial charge < -0.3 is 24.4 Å². The van der Waals surface area contributed by atoms with Crippen LogP contribution in [0.4, 0.5) is 17.3 Å². The monoisotopic (exact) mass is 605 g/mol. The van der Waals surface area contributed by atoms with E-state index in [2.05, 4.69) is 52.7 Å². The normalized spacial score (nSPS) is 17.0. The minimum absolute atomic E-state index is 0.192. The number of benzene rings is 2. The molecule has 6 rings (SSSR count). The van der Waals surface area contributed by atoms with Gasteiger partial charge in [-0.25, -0.2) is 14.6 Å². The molecule has 12 nitrogen and oxygen atoms in total. The van der Waals surface area contributed by atoms with Crippen LogP contribution in [0.1, 0.15) is 19.8 Å². The number of rotatable bonds is 10. The Balaban J connectivity index is 1.08. The van der Waals surface area contributed by atoms with Gasteiger partial charge >= 0.3 is 0 Å². The van der Waals surface area contributed by atoms with Crippen molar-refractivity contribution in [1.82, 2.24) is 35.1 Å². The highest BCUT2D eigenvalue weighted by Gasteiger charge is 2.26.